The van der Waals surface area contributed by atoms with Crippen molar-refractivity contribution in [3.8, 4) is 5.75 Å². The van der Waals surface area contributed by atoms with Gasteiger partial charge in [0, 0.05) is 6.42 Å². The molecule has 2 aromatic carbocycles. The maximum Gasteiger partial charge on any atom is 0.123 e. The Bertz CT molecular complexity index is 566. The quantitative estimate of drug-likeness (QED) is 0.912. The summed E-state index contributed by atoms with van der Waals surface area (Å²) in [5.41, 5.74) is 2.58. The van der Waals surface area contributed by atoms with Crippen LogP contribution in [0.1, 0.15) is 22.8 Å². The fourth-order valence-electron chi connectivity index (χ4n) is 2.15. The number of hydrogen-bond donors (Lipinski definition) is 1. The lowest BCUT2D eigenvalue weighted by Gasteiger charge is -2.15. The summed E-state index contributed by atoms with van der Waals surface area (Å²) < 4.78 is 18.2. The fourth-order valence-corrected chi connectivity index (χ4v) is 2.15. The molecule has 0 fully saturated rings. The molecule has 0 aromatic heterocycles. The van der Waals surface area contributed by atoms with Crippen LogP contribution in [0, 0.1) is 12.7 Å². The zero-order valence-electron chi connectivity index (χ0n) is 11.1. The Balaban J connectivity index is 2.18. The van der Waals surface area contributed by atoms with Gasteiger partial charge >= 0.3 is 0 Å². The first kappa shape index (κ1) is 13.6. The minimum atomic E-state index is -0.646. The Morgan fingerprint density at radius 1 is 1.21 bits per heavy atom. The molecule has 0 spiro atoms. The molecule has 0 aliphatic carbocycles. The number of hydrogen-bond acceptors (Lipinski definition) is 2. The van der Waals surface area contributed by atoms with Crippen LogP contribution in [0.3, 0.4) is 0 Å². The molecule has 1 unspecified atom stereocenters. The van der Waals surface area contributed by atoms with Gasteiger partial charge in [-0.15, -0.1) is 0 Å². The van der Waals surface area contributed by atoms with Crippen molar-refractivity contribution in [1.82, 2.24) is 0 Å². The normalized spacial score (nSPS) is 12.2. The van der Waals surface area contributed by atoms with Gasteiger partial charge in [-0.05, 0) is 47.9 Å². The van der Waals surface area contributed by atoms with E-state index in [0.29, 0.717) is 6.42 Å². The van der Waals surface area contributed by atoms with Crippen molar-refractivity contribution in [3.63, 3.8) is 0 Å². The monoisotopic (exact) mass is 260 g/mol. The molecule has 2 nitrogen and oxygen atoms in total. The smallest absolute Gasteiger partial charge is 0.123 e. The molecular formula is C16H17FO2. The molecular weight excluding hydrogens is 243 g/mol. The molecule has 0 amide bonds. The average Bonchev–Trinajstić information content (AvgIpc) is 2.38. The van der Waals surface area contributed by atoms with Crippen LogP contribution in [-0.2, 0) is 6.42 Å². The maximum atomic E-state index is 13.1. The zero-order valence-corrected chi connectivity index (χ0v) is 11.1. The third-order valence-corrected chi connectivity index (χ3v) is 3.15. The van der Waals surface area contributed by atoms with Crippen molar-refractivity contribution < 1.29 is 14.2 Å². The van der Waals surface area contributed by atoms with Gasteiger partial charge in [-0.25, -0.2) is 4.39 Å². The van der Waals surface area contributed by atoms with Crippen molar-refractivity contribution in [2.24, 2.45) is 0 Å². The largest absolute Gasteiger partial charge is 0.497 e. The maximum absolute atomic E-state index is 13.1. The van der Waals surface area contributed by atoms with E-state index in [9.17, 15) is 9.50 Å². The summed E-state index contributed by atoms with van der Waals surface area (Å²) in [6, 6.07) is 11.8. The lowest BCUT2D eigenvalue weighted by atomic mass is 9.97. The van der Waals surface area contributed by atoms with Crippen molar-refractivity contribution >= 4 is 0 Å². The standard InChI is InChI=1S/C16H17FO2/c1-11-8-14(19-2)6-7-15(11)16(18)10-12-4-3-5-13(17)9-12/h3-9,16,18H,10H2,1-2H3. The number of ether oxygens (including phenoxy) is 1. The number of halogens is 1. The van der Waals surface area contributed by atoms with Crippen molar-refractivity contribution in [2.45, 2.75) is 19.4 Å². The molecule has 0 aliphatic heterocycles. The van der Waals surface area contributed by atoms with Crippen LogP contribution in [0.15, 0.2) is 42.5 Å². The van der Waals surface area contributed by atoms with Crippen LogP contribution in [0.4, 0.5) is 4.39 Å². The van der Waals surface area contributed by atoms with Crippen LogP contribution < -0.4 is 4.74 Å². The van der Waals surface area contributed by atoms with E-state index >= 15 is 0 Å². The summed E-state index contributed by atoms with van der Waals surface area (Å²) in [6.07, 6.45) is -0.252. The van der Waals surface area contributed by atoms with E-state index in [0.717, 1.165) is 22.4 Å². The highest BCUT2D eigenvalue weighted by molar-refractivity contribution is 5.36. The van der Waals surface area contributed by atoms with Gasteiger partial charge in [0.2, 0.25) is 0 Å². The summed E-state index contributed by atoms with van der Waals surface area (Å²) in [6.45, 7) is 1.92. The van der Waals surface area contributed by atoms with Gasteiger partial charge in [0.25, 0.3) is 0 Å². The van der Waals surface area contributed by atoms with Gasteiger partial charge in [0.05, 0.1) is 13.2 Å². The van der Waals surface area contributed by atoms with E-state index in [4.69, 9.17) is 4.74 Å². The third kappa shape index (κ3) is 3.32. The van der Waals surface area contributed by atoms with Crippen LogP contribution in [-0.4, -0.2) is 12.2 Å². The predicted octanol–water partition coefficient (Wildman–Crippen LogP) is 3.42. The lowest BCUT2D eigenvalue weighted by Crippen LogP contribution is -2.04. The second-order valence-electron chi connectivity index (χ2n) is 4.57. The first-order chi connectivity index (χ1) is 9.10. The number of aryl methyl sites for hydroxylation is 1. The van der Waals surface area contributed by atoms with E-state index in [1.165, 1.54) is 12.1 Å². The zero-order chi connectivity index (χ0) is 13.8. The second-order valence-corrected chi connectivity index (χ2v) is 4.57. The first-order valence-electron chi connectivity index (χ1n) is 6.17. The van der Waals surface area contributed by atoms with Crippen LogP contribution in [0.2, 0.25) is 0 Å². The van der Waals surface area contributed by atoms with E-state index in [-0.39, 0.29) is 5.82 Å². The average molecular weight is 260 g/mol. The van der Waals surface area contributed by atoms with Crippen molar-refractivity contribution in [1.29, 1.82) is 0 Å². The lowest BCUT2D eigenvalue weighted by molar-refractivity contribution is 0.177. The first-order valence-corrected chi connectivity index (χ1v) is 6.17. The summed E-state index contributed by atoms with van der Waals surface area (Å²) in [4.78, 5) is 0. The van der Waals surface area contributed by atoms with E-state index in [1.54, 1.807) is 13.2 Å². The number of methoxy groups -OCH3 is 1. The molecule has 0 bridgehead atoms. The molecule has 0 saturated carbocycles. The molecule has 100 valence electrons. The van der Waals surface area contributed by atoms with Crippen LogP contribution in [0.25, 0.3) is 0 Å². The second kappa shape index (κ2) is 5.85. The number of aliphatic hydroxyl groups is 1. The Morgan fingerprint density at radius 3 is 2.63 bits per heavy atom. The Kier molecular flexibility index (Phi) is 4.17. The molecule has 0 aliphatic rings. The van der Waals surface area contributed by atoms with Gasteiger partial charge in [-0.1, -0.05) is 18.2 Å². The summed E-state index contributed by atoms with van der Waals surface area (Å²) in [7, 11) is 1.61. The third-order valence-electron chi connectivity index (χ3n) is 3.15. The van der Waals surface area contributed by atoms with E-state index in [1.807, 2.05) is 31.2 Å². The van der Waals surface area contributed by atoms with Crippen molar-refractivity contribution in [2.75, 3.05) is 7.11 Å². The number of aliphatic hydroxyl groups excluding tert-OH is 1. The minimum absolute atomic E-state index is 0.281. The Morgan fingerprint density at radius 2 is 2.00 bits per heavy atom. The topological polar surface area (TPSA) is 29.5 Å². The fraction of sp³-hybridized carbons (Fsp3) is 0.250. The molecule has 0 heterocycles. The van der Waals surface area contributed by atoms with Crippen LogP contribution in [0.5, 0.6) is 5.75 Å². The van der Waals surface area contributed by atoms with Crippen molar-refractivity contribution in [3.05, 3.63) is 65.0 Å². The predicted molar refractivity (Wildman–Crippen MR) is 72.8 cm³/mol. The Labute approximate surface area is 112 Å². The Hall–Kier alpha value is -1.87. The minimum Gasteiger partial charge on any atom is -0.497 e. The molecule has 0 saturated heterocycles. The SMILES string of the molecule is COc1ccc(C(O)Cc2cccc(F)c2)c(C)c1. The van der Waals surface area contributed by atoms with Crippen LogP contribution >= 0.6 is 0 Å². The summed E-state index contributed by atoms with van der Waals surface area (Å²) >= 11 is 0. The number of benzene rings is 2. The van der Waals surface area contributed by atoms with Gasteiger partial charge in [-0.2, -0.15) is 0 Å². The molecule has 0 radical (unpaired) electrons. The van der Waals surface area contributed by atoms with E-state index < -0.39 is 6.10 Å². The van der Waals surface area contributed by atoms with Gasteiger partial charge < -0.3 is 9.84 Å². The molecule has 3 heteroatoms. The highest BCUT2D eigenvalue weighted by Gasteiger charge is 2.12. The molecule has 1 atom stereocenters. The van der Waals surface area contributed by atoms with Gasteiger partial charge in [0.15, 0.2) is 0 Å². The van der Waals surface area contributed by atoms with Gasteiger partial charge in [0.1, 0.15) is 11.6 Å². The molecule has 19 heavy (non-hydrogen) atoms. The highest BCUT2D eigenvalue weighted by atomic mass is 19.1. The number of rotatable bonds is 4. The molecule has 1 N–H and O–H groups in total. The summed E-state index contributed by atoms with van der Waals surface area (Å²) in [5.74, 6) is 0.482. The van der Waals surface area contributed by atoms with E-state index in [2.05, 4.69) is 0 Å². The molecule has 2 aromatic rings. The highest BCUT2D eigenvalue weighted by Crippen LogP contribution is 2.25. The summed E-state index contributed by atoms with van der Waals surface area (Å²) in [5, 5.41) is 10.2. The molecule has 2 rings (SSSR count). The van der Waals surface area contributed by atoms with Gasteiger partial charge in [-0.3, -0.25) is 0 Å².